The number of fused-ring (bicyclic) bond motifs is 1. The molecule has 1 aromatic carbocycles. The number of imidazole rings is 1. The lowest BCUT2D eigenvalue weighted by atomic mass is 10.3. The predicted molar refractivity (Wildman–Crippen MR) is 71.9 cm³/mol. The van der Waals surface area contributed by atoms with Crippen LogP contribution in [0.25, 0.3) is 11.0 Å². The van der Waals surface area contributed by atoms with Crippen molar-refractivity contribution >= 4 is 22.6 Å². The van der Waals surface area contributed by atoms with Gasteiger partial charge in [0.15, 0.2) is 11.6 Å². The van der Waals surface area contributed by atoms with Crippen molar-refractivity contribution in [3.8, 4) is 0 Å². The van der Waals surface area contributed by atoms with Gasteiger partial charge in [-0.15, -0.1) is 11.6 Å². The van der Waals surface area contributed by atoms with Crippen LogP contribution < -0.4 is 0 Å². The summed E-state index contributed by atoms with van der Waals surface area (Å²) >= 11 is 5.83. The quantitative estimate of drug-likeness (QED) is 0.695. The Morgan fingerprint density at radius 1 is 1.29 bits per heavy atom. The van der Waals surface area contributed by atoms with Gasteiger partial charge in [0.1, 0.15) is 17.2 Å². The molecule has 0 saturated heterocycles. The Kier molecular flexibility index (Phi) is 3.59. The van der Waals surface area contributed by atoms with E-state index >= 15 is 0 Å². The Hall–Kier alpha value is -2.02. The van der Waals surface area contributed by atoms with Crippen molar-refractivity contribution in [2.24, 2.45) is 0 Å². The third-order valence-electron chi connectivity index (χ3n) is 3.09. The summed E-state index contributed by atoms with van der Waals surface area (Å²) in [6, 6.07) is 2.04. The van der Waals surface area contributed by atoms with Gasteiger partial charge in [0.25, 0.3) is 0 Å². The van der Waals surface area contributed by atoms with E-state index in [0.29, 0.717) is 36.0 Å². The molecule has 0 unspecified atom stereocenters. The minimum absolute atomic E-state index is 0.0958. The number of benzene rings is 1. The molecule has 21 heavy (non-hydrogen) atoms. The van der Waals surface area contributed by atoms with Gasteiger partial charge in [-0.1, -0.05) is 5.16 Å². The Morgan fingerprint density at radius 2 is 2.10 bits per heavy atom. The van der Waals surface area contributed by atoms with Crippen molar-refractivity contribution in [2.75, 3.05) is 0 Å². The van der Waals surface area contributed by atoms with E-state index in [4.69, 9.17) is 16.1 Å². The van der Waals surface area contributed by atoms with Crippen molar-refractivity contribution in [2.45, 2.75) is 25.8 Å². The molecule has 0 atom stereocenters. The summed E-state index contributed by atoms with van der Waals surface area (Å²) in [5.41, 5.74) is 0.466. The highest BCUT2D eigenvalue weighted by Crippen LogP contribution is 2.22. The van der Waals surface area contributed by atoms with Crippen LogP contribution in [0.3, 0.4) is 0 Å². The molecule has 0 aliphatic heterocycles. The number of aryl methyl sites for hydroxylation is 3. The number of aromatic nitrogens is 4. The zero-order chi connectivity index (χ0) is 15.0. The highest BCUT2D eigenvalue weighted by Gasteiger charge is 2.15. The minimum atomic E-state index is -0.705. The molecule has 0 bridgehead atoms. The summed E-state index contributed by atoms with van der Waals surface area (Å²) in [6.07, 6.45) is 0.425. The first kappa shape index (κ1) is 13.9. The Bertz CT molecular complexity index is 799. The van der Waals surface area contributed by atoms with Crippen LogP contribution in [-0.2, 0) is 18.8 Å². The van der Waals surface area contributed by atoms with Gasteiger partial charge < -0.3 is 9.09 Å². The van der Waals surface area contributed by atoms with Crippen LogP contribution in [0.1, 0.15) is 17.5 Å². The van der Waals surface area contributed by atoms with Gasteiger partial charge in [-0.3, -0.25) is 0 Å². The fourth-order valence-electron chi connectivity index (χ4n) is 2.20. The van der Waals surface area contributed by atoms with Crippen LogP contribution in [0.15, 0.2) is 16.7 Å². The molecule has 0 aliphatic carbocycles. The zero-order valence-corrected chi connectivity index (χ0v) is 11.9. The van der Waals surface area contributed by atoms with E-state index in [1.165, 1.54) is 6.07 Å². The Labute approximate surface area is 123 Å². The van der Waals surface area contributed by atoms with Gasteiger partial charge in [-0.25, -0.2) is 13.8 Å². The number of hydrogen-bond acceptors (Lipinski definition) is 4. The monoisotopic (exact) mass is 312 g/mol. The first-order valence-corrected chi connectivity index (χ1v) is 6.81. The largest absolute Gasteiger partial charge is 0.339 e. The second-order valence-corrected chi connectivity index (χ2v) is 4.82. The summed E-state index contributed by atoms with van der Waals surface area (Å²) < 4.78 is 33.8. The number of halogens is 3. The number of nitrogens with zero attached hydrogens (tertiary/aromatic N) is 4. The van der Waals surface area contributed by atoms with Crippen molar-refractivity contribution in [3.63, 3.8) is 0 Å². The fourth-order valence-corrected chi connectivity index (χ4v) is 2.40. The lowest BCUT2D eigenvalue weighted by molar-refractivity contribution is 0.368. The van der Waals surface area contributed by atoms with Gasteiger partial charge in [0, 0.05) is 19.0 Å². The maximum absolute atomic E-state index is 13.7. The molecule has 0 spiro atoms. The third kappa shape index (κ3) is 2.61. The van der Waals surface area contributed by atoms with Crippen LogP contribution in [0.5, 0.6) is 0 Å². The molecular formula is C13H11ClF2N4O. The minimum Gasteiger partial charge on any atom is -0.339 e. The van der Waals surface area contributed by atoms with E-state index in [2.05, 4.69) is 15.1 Å². The standard InChI is InChI=1S/C13H11ClF2N4O/c1-7-17-12(21-19-7)2-3-20-10-5-8(15)4-9(16)13(10)18-11(20)6-14/h4-5H,2-3,6H2,1H3. The molecule has 0 saturated carbocycles. The van der Waals surface area contributed by atoms with Gasteiger partial charge in [-0.05, 0) is 13.0 Å². The number of alkyl halides is 1. The van der Waals surface area contributed by atoms with E-state index in [0.717, 1.165) is 6.07 Å². The van der Waals surface area contributed by atoms with Crippen LogP contribution in [0, 0.1) is 18.6 Å². The summed E-state index contributed by atoms with van der Waals surface area (Å²) in [7, 11) is 0. The molecule has 3 aromatic rings. The molecule has 3 rings (SSSR count). The maximum atomic E-state index is 13.7. The second kappa shape index (κ2) is 5.40. The smallest absolute Gasteiger partial charge is 0.228 e. The van der Waals surface area contributed by atoms with Crippen molar-refractivity contribution in [1.82, 2.24) is 19.7 Å². The molecule has 0 aliphatic rings. The van der Waals surface area contributed by atoms with Gasteiger partial charge in [0.2, 0.25) is 5.89 Å². The number of hydrogen-bond donors (Lipinski definition) is 0. The van der Waals surface area contributed by atoms with Crippen LogP contribution in [-0.4, -0.2) is 19.7 Å². The molecule has 2 aromatic heterocycles. The molecular weight excluding hydrogens is 302 g/mol. The Morgan fingerprint density at radius 3 is 2.76 bits per heavy atom. The average molecular weight is 313 g/mol. The van der Waals surface area contributed by atoms with Crippen LogP contribution in [0.4, 0.5) is 8.78 Å². The normalized spacial score (nSPS) is 11.4. The maximum Gasteiger partial charge on any atom is 0.228 e. The van der Waals surface area contributed by atoms with Crippen molar-refractivity contribution in [3.05, 3.63) is 41.3 Å². The molecule has 0 radical (unpaired) electrons. The van der Waals surface area contributed by atoms with E-state index in [9.17, 15) is 8.78 Å². The summed E-state index contributed by atoms with van der Waals surface area (Å²) in [6.45, 7) is 2.11. The summed E-state index contributed by atoms with van der Waals surface area (Å²) in [5, 5.41) is 3.69. The number of rotatable bonds is 4. The highest BCUT2D eigenvalue weighted by molar-refractivity contribution is 6.16. The third-order valence-corrected chi connectivity index (χ3v) is 3.33. The van der Waals surface area contributed by atoms with Crippen LogP contribution in [0.2, 0.25) is 0 Å². The molecule has 8 heteroatoms. The zero-order valence-electron chi connectivity index (χ0n) is 11.1. The average Bonchev–Trinajstić information content (AvgIpc) is 3.00. The highest BCUT2D eigenvalue weighted by atomic mass is 35.5. The summed E-state index contributed by atoms with van der Waals surface area (Å²) in [5.74, 6) is 0.187. The van der Waals surface area contributed by atoms with Gasteiger partial charge in [-0.2, -0.15) is 4.98 Å². The van der Waals surface area contributed by atoms with E-state index in [1.54, 1.807) is 11.5 Å². The van der Waals surface area contributed by atoms with Gasteiger partial charge >= 0.3 is 0 Å². The van der Waals surface area contributed by atoms with Crippen LogP contribution >= 0.6 is 11.6 Å². The SMILES string of the molecule is Cc1noc(CCn2c(CCl)nc3c(F)cc(F)cc32)n1. The van der Waals surface area contributed by atoms with E-state index in [1.807, 2.05) is 0 Å². The predicted octanol–water partition coefficient (Wildman–Crippen LogP) is 2.99. The second-order valence-electron chi connectivity index (χ2n) is 4.55. The molecule has 110 valence electrons. The topological polar surface area (TPSA) is 56.7 Å². The van der Waals surface area contributed by atoms with E-state index in [-0.39, 0.29) is 11.4 Å². The lowest BCUT2D eigenvalue weighted by Gasteiger charge is -2.05. The lowest BCUT2D eigenvalue weighted by Crippen LogP contribution is -2.05. The molecule has 0 N–H and O–H groups in total. The Balaban J connectivity index is 1.99. The van der Waals surface area contributed by atoms with Gasteiger partial charge in [0.05, 0.1) is 11.4 Å². The molecule has 2 heterocycles. The molecule has 0 fully saturated rings. The molecule has 5 nitrogen and oxygen atoms in total. The summed E-state index contributed by atoms with van der Waals surface area (Å²) in [4.78, 5) is 8.20. The van der Waals surface area contributed by atoms with E-state index < -0.39 is 11.6 Å². The first-order chi connectivity index (χ1) is 10.1. The van der Waals surface area contributed by atoms with Crippen molar-refractivity contribution < 1.29 is 13.3 Å². The fraction of sp³-hybridized carbons (Fsp3) is 0.308. The first-order valence-electron chi connectivity index (χ1n) is 6.28. The molecule has 0 amide bonds. The van der Waals surface area contributed by atoms with Crippen molar-refractivity contribution in [1.29, 1.82) is 0 Å².